The molecule has 1 rings (SSSR count). The van der Waals surface area contributed by atoms with Crippen LogP contribution in [-0.2, 0) is 18.7 Å². The van der Waals surface area contributed by atoms with E-state index in [2.05, 4.69) is 0 Å². The van der Waals surface area contributed by atoms with Gasteiger partial charge in [0.25, 0.3) is 7.37 Å². The smallest absolute Gasteiger partial charge is 0.331 e. The van der Waals surface area contributed by atoms with Crippen molar-refractivity contribution in [2.24, 2.45) is 0 Å². The summed E-state index contributed by atoms with van der Waals surface area (Å²) in [7, 11) is -3.60. The predicted molar refractivity (Wildman–Crippen MR) is 87.1 cm³/mol. The van der Waals surface area contributed by atoms with Gasteiger partial charge in [0.15, 0.2) is 0 Å². The standard InChI is InChI=1S/C16H21O6P/c1-16(2,3)22-23(21,13-7-5-4-6-8-13)11-12(15(19)20)9-10-14(17)18/h4-8,11H,9-10H2,1-3H3,(H,17,18)(H,19,20). The van der Waals surface area contributed by atoms with Crippen LogP contribution in [0.1, 0.15) is 33.6 Å². The van der Waals surface area contributed by atoms with Gasteiger partial charge in [-0.2, -0.15) is 0 Å². The van der Waals surface area contributed by atoms with Crippen molar-refractivity contribution in [3.8, 4) is 0 Å². The minimum atomic E-state index is -3.60. The van der Waals surface area contributed by atoms with Gasteiger partial charge in [0.05, 0.1) is 5.60 Å². The molecule has 0 bridgehead atoms. The van der Waals surface area contributed by atoms with Gasteiger partial charge in [-0.25, -0.2) is 4.79 Å². The Morgan fingerprint density at radius 2 is 1.70 bits per heavy atom. The maximum absolute atomic E-state index is 13.3. The summed E-state index contributed by atoms with van der Waals surface area (Å²) in [6, 6.07) is 8.30. The zero-order valence-corrected chi connectivity index (χ0v) is 14.2. The van der Waals surface area contributed by atoms with Crippen molar-refractivity contribution in [1.29, 1.82) is 0 Å². The highest BCUT2D eigenvalue weighted by molar-refractivity contribution is 7.70. The summed E-state index contributed by atoms with van der Waals surface area (Å²) < 4.78 is 18.9. The lowest BCUT2D eigenvalue weighted by Gasteiger charge is -2.26. The van der Waals surface area contributed by atoms with Gasteiger partial charge in [-0.15, -0.1) is 0 Å². The highest BCUT2D eigenvalue weighted by atomic mass is 31.2. The Bertz CT molecular complexity index is 642. The highest BCUT2D eigenvalue weighted by Gasteiger charge is 2.31. The maximum Gasteiger partial charge on any atom is 0.331 e. The molecule has 0 amide bonds. The first-order valence-electron chi connectivity index (χ1n) is 7.06. The topological polar surface area (TPSA) is 101 Å². The average molecular weight is 340 g/mol. The largest absolute Gasteiger partial charge is 0.481 e. The monoisotopic (exact) mass is 340 g/mol. The van der Waals surface area contributed by atoms with Crippen LogP contribution in [0.25, 0.3) is 0 Å². The lowest BCUT2D eigenvalue weighted by molar-refractivity contribution is -0.137. The first-order chi connectivity index (χ1) is 10.5. The van der Waals surface area contributed by atoms with E-state index in [1.54, 1.807) is 51.1 Å². The summed E-state index contributed by atoms with van der Waals surface area (Å²) in [5, 5.41) is 18.3. The van der Waals surface area contributed by atoms with E-state index in [9.17, 15) is 19.3 Å². The maximum atomic E-state index is 13.3. The van der Waals surface area contributed by atoms with E-state index in [0.717, 1.165) is 5.82 Å². The molecule has 0 saturated heterocycles. The number of benzene rings is 1. The molecule has 1 atom stereocenters. The van der Waals surface area contributed by atoms with E-state index in [4.69, 9.17) is 9.63 Å². The van der Waals surface area contributed by atoms with Crippen molar-refractivity contribution in [3.05, 3.63) is 41.7 Å². The lowest BCUT2D eigenvalue weighted by Crippen LogP contribution is -2.21. The fraction of sp³-hybridized carbons (Fsp3) is 0.375. The van der Waals surface area contributed by atoms with Crippen molar-refractivity contribution >= 4 is 24.6 Å². The summed E-state index contributed by atoms with van der Waals surface area (Å²) >= 11 is 0. The Morgan fingerprint density at radius 1 is 1.13 bits per heavy atom. The van der Waals surface area contributed by atoms with Gasteiger partial charge in [0.1, 0.15) is 0 Å². The summed E-state index contributed by atoms with van der Waals surface area (Å²) in [6.45, 7) is 5.15. The number of hydrogen-bond donors (Lipinski definition) is 2. The van der Waals surface area contributed by atoms with Crippen molar-refractivity contribution in [2.75, 3.05) is 0 Å². The predicted octanol–water partition coefficient (Wildman–Crippen LogP) is 3.24. The van der Waals surface area contributed by atoms with Crippen LogP contribution < -0.4 is 5.30 Å². The second-order valence-electron chi connectivity index (χ2n) is 5.99. The van der Waals surface area contributed by atoms with Crippen LogP contribution >= 0.6 is 7.37 Å². The van der Waals surface area contributed by atoms with Crippen LogP contribution in [0.5, 0.6) is 0 Å². The summed E-state index contributed by atoms with van der Waals surface area (Å²) in [6.07, 6.45) is -0.586. The quantitative estimate of drug-likeness (QED) is 0.584. The molecular weight excluding hydrogens is 319 g/mol. The normalized spacial score (nSPS) is 15.0. The molecule has 126 valence electrons. The summed E-state index contributed by atoms with van der Waals surface area (Å²) in [5.74, 6) is -1.36. The Balaban J connectivity index is 3.32. The minimum absolute atomic E-state index is 0.227. The summed E-state index contributed by atoms with van der Waals surface area (Å²) in [5.41, 5.74) is -0.998. The van der Waals surface area contributed by atoms with Crippen LogP contribution in [0, 0.1) is 0 Å². The molecule has 0 radical (unpaired) electrons. The average Bonchev–Trinajstić information content (AvgIpc) is 2.42. The number of rotatable bonds is 7. The zero-order chi connectivity index (χ0) is 17.7. The molecular formula is C16H21O6P. The molecule has 6 nitrogen and oxygen atoms in total. The highest BCUT2D eigenvalue weighted by Crippen LogP contribution is 2.51. The molecule has 1 unspecified atom stereocenters. The first-order valence-corrected chi connectivity index (χ1v) is 8.76. The third-order valence-electron chi connectivity index (χ3n) is 2.73. The van der Waals surface area contributed by atoms with E-state index >= 15 is 0 Å². The van der Waals surface area contributed by atoms with E-state index in [1.165, 1.54) is 0 Å². The van der Waals surface area contributed by atoms with Crippen LogP contribution in [0.4, 0.5) is 0 Å². The summed E-state index contributed by atoms with van der Waals surface area (Å²) in [4.78, 5) is 22.0. The Morgan fingerprint density at radius 3 is 2.13 bits per heavy atom. The van der Waals surface area contributed by atoms with Crippen LogP contribution in [0.3, 0.4) is 0 Å². The van der Waals surface area contributed by atoms with Gasteiger partial charge in [-0.3, -0.25) is 9.36 Å². The van der Waals surface area contributed by atoms with E-state index in [1.807, 2.05) is 0 Å². The molecule has 0 aromatic heterocycles. The van der Waals surface area contributed by atoms with Crippen molar-refractivity contribution in [3.63, 3.8) is 0 Å². The molecule has 2 N–H and O–H groups in total. The van der Waals surface area contributed by atoms with Crippen molar-refractivity contribution in [1.82, 2.24) is 0 Å². The fourth-order valence-corrected chi connectivity index (χ4v) is 4.23. The molecule has 0 fully saturated rings. The van der Waals surface area contributed by atoms with Crippen LogP contribution in [-0.4, -0.2) is 27.8 Å². The third kappa shape index (κ3) is 6.38. The minimum Gasteiger partial charge on any atom is -0.481 e. The van der Waals surface area contributed by atoms with Gasteiger partial charge in [0.2, 0.25) is 0 Å². The van der Waals surface area contributed by atoms with Gasteiger partial charge in [-0.1, -0.05) is 18.2 Å². The Kier molecular flexibility index (Phi) is 6.30. The molecule has 23 heavy (non-hydrogen) atoms. The van der Waals surface area contributed by atoms with Gasteiger partial charge in [0, 0.05) is 23.1 Å². The number of aliphatic carboxylic acids is 2. The third-order valence-corrected chi connectivity index (χ3v) is 5.22. The van der Waals surface area contributed by atoms with Crippen molar-refractivity contribution in [2.45, 2.75) is 39.2 Å². The second kappa shape index (κ2) is 7.57. The van der Waals surface area contributed by atoms with Gasteiger partial charge in [-0.05, 0) is 39.3 Å². The SMILES string of the molecule is CC(C)(C)OP(=O)(C=C(CCC(=O)O)C(=O)O)c1ccccc1. The van der Waals surface area contributed by atoms with Gasteiger partial charge < -0.3 is 14.7 Å². The van der Waals surface area contributed by atoms with E-state index in [0.29, 0.717) is 5.30 Å². The van der Waals surface area contributed by atoms with Crippen molar-refractivity contribution < 1.29 is 28.9 Å². The molecule has 0 aliphatic rings. The van der Waals surface area contributed by atoms with Gasteiger partial charge >= 0.3 is 11.9 Å². The Labute approximate surface area is 135 Å². The second-order valence-corrected chi connectivity index (χ2v) is 8.14. The Hall–Kier alpha value is -1.91. The molecule has 1 aromatic rings. The number of carboxylic acids is 2. The number of hydrogen-bond acceptors (Lipinski definition) is 4. The zero-order valence-electron chi connectivity index (χ0n) is 13.4. The van der Waals surface area contributed by atoms with Crippen LogP contribution in [0.2, 0.25) is 0 Å². The van der Waals surface area contributed by atoms with E-state index < -0.39 is 24.9 Å². The molecule has 0 aliphatic carbocycles. The molecule has 0 spiro atoms. The number of carboxylic acid groups (broad SMARTS) is 2. The lowest BCUT2D eigenvalue weighted by atomic mass is 10.2. The fourth-order valence-electron chi connectivity index (χ4n) is 1.87. The molecule has 0 aliphatic heterocycles. The molecule has 0 saturated carbocycles. The van der Waals surface area contributed by atoms with Crippen LogP contribution in [0.15, 0.2) is 41.7 Å². The molecule has 7 heteroatoms. The molecule has 1 aromatic carbocycles. The number of carbonyl (C=O) groups is 2. The molecule has 0 heterocycles. The van der Waals surface area contributed by atoms with E-state index in [-0.39, 0.29) is 18.4 Å². The first kappa shape index (κ1) is 19.1.